The number of nitrogens with one attached hydrogen (secondary N) is 1. The lowest BCUT2D eigenvalue weighted by Gasteiger charge is -2.25. The molecule has 1 heterocycles. The molecule has 0 bridgehead atoms. The summed E-state index contributed by atoms with van der Waals surface area (Å²) in [5, 5.41) is 3.03. The van der Waals surface area contributed by atoms with Crippen molar-refractivity contribution < 1.29 is 9.21 Å². The van der Waals surface area contributed by atoms with E-state index in [1.165, 1.54) is 19.1 Å². The normalized spacial score (nSPS) is 16.5. The average molecular weight is 272 g/mol. The SMILES string of the molecule is CC(C)(NC(=O)c1coc(Br)c1)C1CC1. The molecule has 0 atom stereocenters. The standard InChI is InChI=1S/C11H14BrNO2/c1-11(2,8-3-4-8)13-10(14)7-5-9(12)15-6-7/h5-6,8H,3-4H2,1-2H3,(H,13,14). The summed E-state index contributed by atoms with van der Waals surface area (Å²) >= 11 is 3.17. The molecule has 0 unspecified atom stereocenters. The van der Waals surface area contributed by atoms with Crippen molar-refractivity contribution in [1.82, 2.24) is 5.32 Å². The van der Waals surface area contributed by atoms with Crippen molar-refractivity contribution in [2.75, 3.05) is 0 Å². The van der Waals surface area contributed by atoms with Crippen LogP contribution in [0.2, 0.25) is 0 Å². The zero-order chi connectivity index (χ0) is 11.1. The van der Waals surface area contributed by atoms with Gasteiger partial charge in [0.15, 0.2) is 4.67 Å². The molecule has 1 aromatic heterocycles. The highest BCUT2D eigenvalue weighted by Crippen LogP contribution is 2.39. The monoisotopic (exact) mass is 271 g/mol. The third-order valence-corrected chi connectivity index (χ3v) is 3.28. The van der Waals surface area contributed by atoms with Gasteiger partial charge >= 0.3 is 0 Å². The van der Waals surface area contributed by atoms with Crippen LogP contribution in [0.1, 0.15) is 37.0 Å². The zero-order valence-electron chi connectivity index (χ0n) is 8.84. The summed E-state index contributed by atoms with van der Waals surface area (Å²) in [6, 6.07) is 1.68. The third-order valence-electron chi connectivity index (χ3n) is 2.86. The van der Waals surface area contributed by atoms with Crippen LogP contribution in [-0.2, 0) is 0 Å². The van der Waals surface area contributed by atoms with Crippen LogP contribution in [0.3, 0.4) is 0 Å². The van der Waals surface area contributed by atoms with Gasteiger partial charge in [0.2, 0.25) is 0 Å². The number of hydrogen-bond donors (Lipinski definition) is 1. The summed E-state index contributed by atoms with van der Waals surface area (Å²) in [7, 11) is 0. The van der Waals surface area contributed by atoms with Crippen molar-refractivity contribution in [2.24, 2.45) is 5.92 Å². The Bertz CT molecular complexity index is 380. The quantitative estimate of drug-likeness (QED) is 0.919. The zero-order valence-corrected chi connectivity index (χ0v) is 10.4. The molecule has 1 amide bonds. The van der Waals surface area contributed by atoms with Crippen molar-refractivity contribution in [3.05, 3.63) is 22.6 Å². The second-order valence-electron chi connectivity index (χ2n) is 4.59. The van der Waals surface area contributed by atoms with E-state index in [0.717, 1.165) is 0 Å². The summed E-state index contributed by atoms with van der Waals surface area (Å²) < 4.78 is 5.61. The van der Waals surface area contributed by atoms with Gasteiger partial charge < -0.3 is 9.73 Å². The second kappa shape index (κ2) is 3.67. The molecular formula is C11H14BrNO2. The Morgan fingerprint density at radius 3 is 2.73 bits per heavy atom. The number of halogens is 1. The third kappa shape index (κ3) is 2.43. The molecule has 2 rings (SSSR count). The average Bonchev–Trinajstić information content (AvgIpc) is 2.89. The van der Waals surface area contributed by atoms with E-state index in [-0.39, 0.29) is 11.4 Å². The summed E-state index contributed by atoms with van der Waals surface area (Å²) in [5.74, 6) is 0.554. The van der Waals surface area contributed by atoms with Crippen LogP contribution in [0.15, 0.2) is 21.4 Å². The molecule has 4 heteroatoms. The van der Waals surface area contributed by atoms with E-state index >= 15 is 0 Å². The molecule has 1 aliphatic carbocycles. The van der Waals surface area contributed by atoms with Gasteiger partial charge in [0.25, 0.3) is 5.91 Å². The number of hydrogen-bond acceptors (Lipinski definition) is 2. The first-order chi connectivity index (χ1) is 6.99. The highest BCUT2D eigenvalue weighted by atomic mass is 79.9. The molecule has 0 aromatic carbocycles. The minimum atomic E-state index is -0.110. The van der Waals surface area contributed by atoms with Gasteiger partial charge in [0.1, 0.15) is 6.26 Å². The van der Waals surface area contributed by atoms with Crippen molar-refractivity contribution in [2.45, 2.75) is 32.2 Å². The lowest BCUT2D eigenvalue weighted by Crippen LogP contribution is -2.45. The first-order valence-electron chi connectivity index (χ1n) is 5.05. The van der Waals surface area contributed by atoms with Crippen molar-refractivity contribution in [3.63, 3.8) is 0 Å². The summed E-state index contributed by atoms with van der Waals surface area (Å²) in [6.07, 6.45) is 3.88. The van der Waals surface area contributed by atoms with E-state index in [9.17, 15) is 4.79 Å². The lowest BCUT2D eigenvalue weighted by atomic mass is 9.98. The molecule has 15 heavy (non-hydrogen) atoms. The van der Waals surface area contributed by atoms with Crippen molar-refractivity contribution >= 4 is 21.8 Å². The second-order valence-corrected chi connectivity index (χ2v) is 5.37. The minimum Gasteiger partial charge on any atom is -0.457 e. The maximum absolute atomic E-state index is 11.8. The molecular weight excluding hydrogens is 258 g/mol. The van der Waals surface area contributed by atoms with Gasteiger partial charge in [-0.1, -0.05) is 0 Å². The topological polar surface area (TPSA) is 42.2 Å². The molecule has 0 saturated heterocycles. The molecule has 0 radical (unpaired) electrons. The minimum absolute atomic E-state index is 0.0682. The fourth-order valence-electron chi connectivity index (χ4n) is 1.70. The summed E-state index contributed by atoms with van der Waals surface area (Å²) in [5.41, 5.74) is 0.455. The molecule has 1 fully saturated rings. The number of carbonyl (C=O) groups excluding carboxylic acids is 1. The van der Waals surface area contributed by atoms with E-state index < -0.39 is 0 Å². The predicted molar refractivity (Wildman–Crippen MR) is 60.7 cm³/mol. The predicted octanol–water partition coefficient (Wildman–Crippen LogP) is 2.96. The van der Waals surface area contributed by atoms with Crippen LogP contribution in [0.25, 0.3) is 0 Å². The lowest BCUT2D eigenvalue weighted by molar-refractivity contribution is 0.0902. The van der Waals surface area contributed by atoms with Crippen LogP contribution < -0.4 is 5.32 Å². The largest absolute Gasteiger partial charge is 0.457 e. The smallest absolute Gasteiger partial charge is 0.254 e. The van der Waals surface area contributed by atoms with Gasteiger partial charge in [-0.05, 0) is 48.5 Å². The van der Waals surface area contributed by atoms with E-state index in [1.54, 1.807) is 6.07 Å². The van der Waals surface area contributed by atoms with Gasteiger partial charge in [0, 0.05) is 11.6 Å². The molecule has 1 N–H and O–H groups in total. The number of furan rings is 1. The maximum atomic E-state index is 11.8. The summed E-state index contributed by atoms with van der Waals surface area (Å²) in [6.45, 7) is 4.13. The van der Waals surface area contributed by atoms with Crippen LogP contribution in [-0.4, -0.2) is 11.4 Å². The molecule has 1 aliphatic rings. The van der Waals surface area contributed by atoms with Gasteiger partial charge in [-0.15, -0.1) is 0 Å². The maximum Gasteiger partial charge on any atom is 0.254 e. The Balaban J connectivity index is 2.03. The highest BCUT2D eigenvalue weighted by molar-refractivity contribution is 9.10. The van der Waals surface area contributed by atoms with Crippen molar-refractivity contribution in [3.8, 4) is 0 Å². The van der Waals surface area contributed by atoms with Crippen LogP contribution in [0, 0.1) is 5.92 Å². The Morgan fingerprint density at radius 2 is 2.27 bits per heavy atom. The van der Waals surface area contributed by atoms with Gasteiger partial charge in [0.05, 0.1) is 5.56 Å². The fraction of sp³-hybridized carbons (Fsp3) is 0.545. The Labute approximate surface area is 97.4 Å². The number of carbonyl (C=O) groups is 1. The Kier molecular flexibility index (Phi) is 2.63. The molecule has 0 aliphatic heterocycles. The van der Waals surface area contributed by atoms with Crippen LogP contribution in [0.5, 0.6) is 0 Å². The molecule has 1 saturated carbocycles. The first kappa shape index (κ1) is 10.7. The van der Waals surface area contributed by atoms with Crippen LogP contribution >= 0.6 is 15.9 Å². The number of rotatable bonds is 3. The molecule has 82 valence electrons. The fourth-order valence-corrected chi connectivity index (χ4v) is 2.04. The highest BCUT2D eigenvalue weighted by Gasteiger charge is 2.38. The molecule has 3 nitrogen and oxygen atoms in total. The van der Waals surface area contributed by atoms with E-state index in [1.807, 2.05) is 0 Å². The molecule has 0 spiro atoms. The molecule has 1 aromatic rings. The first-order valence-corrected chi connectivity index (χ1v) is 5.85. The number of amides is 1. The van der Waals surface area contributed by atoms with Crippen LogP contribution in [0.4, 0.5) is 0 Å². The van der Waals surface area contributed by atoms with Gasteiger partial charge in [-0.2, -0.15) is 0 Å². The van der Waals surface area contributed by atoms with Crippen molar-refractivity contribution in [1.29, 1.82) is 0 Å². The van der Waals surface area contributed by atoms with E-state index in [0.29, 0.717) is 16.2 Å². The summed E-state index contributed by atoms with van der Waals surface area (Å²) in [4.78, 5) is 11.8. The van der Waals surface area contributed by atoms with E-state index in [4.69, 9.17) is 4.42 Å². The van der Waals surface area contributed by atoms with Gasteiger partial charge in [-0.25, -0.2) is 0 Å². The van der Waals surface area contributed by atoms with Gasteiger partial charge in [-0.3, -0.25) is 4.79 Å². The Morgan fingerprint density at radius 1 is 1.60 bits per heavy atom. The Hall–Kier alpha value is -0.770. The van der Waals surface area contributed by atoms with E-state index in [2.05, 4.69) is 35.1 Å².